The molecule has 0 aliphatic rings. The molecule has 42 valence electrons. The van der Waals surface area contributed by atoms with Crippen molar-refractivity contribution >= 4 is 0 Å². The van der Waals surface area contributed by atoms with Crippen molar-refractivity contribution in [2.24, 2.45) is 0 Å². The Morgan fingerprint density at radius 2 is 2.00 bits per heavy atom. The molecule has 0 bridgehead atoms. The summed E-state index contributed by atoms with van der Waals surface area (Å²) in [5, 5.41) is 5.02. The van der Waals surface area contributed by atoms with Gasteiger partial charge in [0, 0.05) is 0 Å². The molecule has 0 spiro atoms. The maximum Gasteiger partial charge on any atom is 1.00 e. The van der Waals surface area contributed by atoms with E-state index in [1.807, 2.05) is 10.1 Å². The van der Waals surface area contributed by atoms with Crippen LogP contribution in [0.2, 0.25) is 0 Å². The van der Waals surface area contributed by atoms with Gasteiger partial charge in [0.2, 0.25) is 5.56 Å². The molecule has 6 heteroatoms. The molecule has 0 aliphatic carbocycles. The third kappa shape index (κ3) is 2.13. The Labute approximate surface area is 71.8 Å². The maximum atomic E-state index is 10.1. The molecule has 0 fully saturated rings. The van der Waals surface area contributed by atoms with Crippen molar-refractivity contribution in [3.05, 3.63) is 27.0 Å². The average Bonchev–Trinajstić information content (AvgIpc) is 1.77. The molecule has 0 atom stereocenters. The van der Waals surface area contributed by atoms with Gasteiger partial charge in [-0.25, -0.2) is 0 Å². The Bertz CT molecular complexity index is 248. The number of H-pyrrole nitrogens is 2. The van der Waals surface area contributed by atoms with Crippen LogP contribution in [-0.2, 0) is 0 Å². The Morgan fingerprint density at radius 1 is 1.33 bits per heavy atom. The van der Waals surface area contributed by atoms with Gasteiger partial charge < -0.3 is 9.78 Å². The second kappa shape index (κ2) is 3.60. The van der Waals surface area contributed by atoms with Gasteiger partial charge in [-0.05, 0) is 6.33 Å². The van der Waals surface area contributed by atoms with Crippen LogP contribution >= 0.6 is 0 Å². The predicted octanol–water partition coefficient (Wildman–Crippen LogP) is -4.74. The van der Waals surface area contributed by atoms with Crippen LogP contribution in [0.4, 0.5) is 0 Å². The summed E-state index contributed by atoms with van der Waals surface area (Å²) in [4.78, 5) is 22.2. The Hall–Kier alpha value is -0.390. The number of hydrogen-bond acceptors (Lipinski definition) is 3. The van der Waals surface area contributed by atoms with Crippen LogP contribution in [0.1, 0.15) is 0 Å². The van der Waals surface area contributed by atoms with Gasteiger partial charge >= 0.3 is 29.6 Å². The molecule has 1 aromatic heterocycles. The zero-order valence-corrected chi connectivity index (χ0v) is 6.76. The van der Waals surface area contributed by atoms with Gasteiger partial charge in [0.1, 0.15) is 0 Å². The average molecular weight is 135 g/mol. The van der Waals surface area contributed by atoms with E-state index >= 15 is 0 Å². The van der Waals surface area contributed by atoms with Crippen LogP contribution in [0.15, 0.2) is 9.59 Å². The zero-order valence-electron chi connectivity index (χ0n) is 4.76. The molecular weight excluding hydrogens is 133 g/mol. The molecular formula is C3H2N3NaO2. The zero-order chi connectivity index (χ0) is 5.98. The van der Waals surface area contributed by atoms with Crippen LogP contribution < -0.4 is 40.7 Å². The van der Waals surface area contributed by atoms with Gasteiger partial charge in [0.15, 0.2) is 5.56 Å². The first-order chi connectivity index (χ1) is 3.80. The molecule has 0 radical (unpaired) electrons. The summed E-state index contributed by atoms with van der Waals surface area (Å²) < 4.78 is 0. The van der Waals surface area contributed by atoms with Crippen LogP contribution in [-0.4, -0.2) is 15.2 Å². The SMILES string of the molecule is O=c1[nH][c-]n[nH]c1=O.[Na+]. The molecule has 0 saturated carbocycles. The van der Waals surface area contributed by atoms with Crippen molar-refractivity contribution in [3.63, 3.8) is 0 Å². The van der Waals surface area contributed by atoms with E-state index in [1.165, 1.54) is 0 Å². The normalized spacial score (nSPS) is 8.00. The largest absolute Gasteiger partial charge is 1.00 e. The first kappa shape index (κ1) is 8.61. The van der Waals surface area contributed by atoms with Gasteiger partial charge in [-0.1, -0.05) is 0 Å². The molecule has 0 saturated heterocycles. The number of rotatable bonds is 0. The summed E-state index contributed by atoms with van der Waals surface area (Å²) in [6.07, 6.45) is 2.06. The maximum absolute atomic E-state index is 10.1. The third-order valence-corrected chi connectivity index (χ3v) is 0.589. The number of nitrogens with one attached hydrogen (secondary N) is 2. The summed E-state index contributed by atoms with van der Waals surface area (Å²) in [6.45, 7) is 0. The number of aromatic amines is 2. The summed E-state index contributed by atoms with van der Waals surface area (Å²) in [5.74, 6) is 0. The van der Waals surface area contributed by atoms with E-state index in [9.17, 15) is 9.59 Å². The molecule has 0 unspecified atom stereocenters. The van der Waals surface area contributed by atoms with Crippen molar-refractivity contribution in [3.8, 4) is 0 Å². The van der Waals surface area contributed by atoms with Crippen molar-refractivity contribution in [1.82, 2.24) is 15.2 Å². The van der Waals surface area contributed by atoms with Gasteiger partial charge in [0.05, 0.1) is 0 Å². The van der Waals surface area contributed by atoms with E-state index in [1.54, 1.807) is 0 Å². The Balaban J connectivity index is 0.000000640. The van der Waals surface area contributed by atoms with E-state index in [4.69, 9.17) is 0 Å². The molecule has 5 nitrogen and oxygen atoms in total. The first-order valence-corrected chi connectivity index (χ1v) is 1.86. The minimum Gasteiger partial charge on any atom is -0.471 e. The van der Waals surface area contributed by atoms with Gasteiger partial charge in [-0.2, -0.15) is 0 Å². The first-order valence-electron chi connectivity index (χ1n) is 1.86. The van der Waals surface area contributed by atoms with Crippen LogP contribution in [0, 0.1) is 6.33 Å². The Kier molecular flexibility index (Phi) is 3.44. The fourth-order valence-corrected chi connectivity index (χ4v) is 0.265. The van der Waals surface area contributed by atoms with Crippen LogP contribution in [0.5, 0.6) is 0 Å². The monoisotopic (exact) mass is 135 g/mol. The molecule has 9 heavy (non-hydrogen) atoms. The predicted molar refractivity (Wildman–Crippen MR) is 24.3 cm³/mol. The van der Waals surface area contributed by atoms with Crippen molar-refractivity contribution in [1.29, 1.82) is 0 Å². The number of nitrogens with zero attached hydrogens (tertiary/aromatic N) is 1. The molecule has 0 amide bonds. The summed E-state index contributed by atoms with van der Waals surface area (Å²) in [5.41, 5.74) is -1.50. The van der Waals surface area contributed by atoms with Crippen molar-refractivity contribution in [2.45, 2.75) is 0 Å². The van der Waals surface area contributed by atoms with E-state index in [2.05, 4.69) is 11.4 Å². The molecule has 0 aliphatic heterocycles. The third-order valence-electron chi connectivity index (χ3n) is 0.589. The second-order valence-electron chi connectivity index (χ2n) is 1.12. The minimum atomic E-state index is -0.760. The van der Waals surface area contributed by atoms with Crippen molar-refractivity contribution in [2.75, 3.05) is 0 Å². The van der Waals surface area contributed by atoms with E-state index in [0.29, 0.717) is 0 Å². The Morgan fingerprint density at radius 3 is 2.33 bits per heavy atom. The minimum absolute atomic E-state index is 0. The van der Waals surface area contributed by atoms with E-state index < -0.39 is 11.1 Å². The fourth-order valence-electron chi connectivity index (χ4n) is 0.265. The molecule has 2 N–H and O–H groups in total. The van der Waals surface area contributed by atoms with E-state index in [-0.39, 0.29) is 29.6 Å². The fraction of sp³-hybridized carbons (Fsp3) is 0. The van der Waals surface area contributed by atoms with Crippen molar-refractivity contribution < 1.29 is 29.6 Å². The van der Waals surface area contributed by atoms with Gasteiger partial charge in [-0.3, -0.25) is 15.0 Å². The van der Waals surface area contributed by atoms with Crippen LogP contribution in [0.25, 0.3) is 0 Å². The quantitative estimate of drug-likeness (QED) is 0.213. The molecule has 1 heterocycles. The topological polar surface area (TPSA) is 78.6 Å². The molecule has 1 rings (SSSR count). The second-order valence-corrected chi connectivity index (χ2v) is 1.12. The molecule has 0 aromatic carbocycles. The standard InChI is InChI=1S/C3H2N3O2.Na/c7-2-3(8)6-5-1-4-2;/h(H,6,8)(H,4,5,7);/q-1;+1. The molecule has 1 aromatic rings. The number of aromatic nitrogens is 3. The van der Waals surface area contributed by atoms with E-state index in [0.717, 1.165) is 0 Å². The van der Waals surface area contributed by atoms with Crippen LogP contribution in [0.3, 0.4) is 0 Å². The number of hydrogen-bond donors (Lipinski definition) is 2. The van der Waals surface area contributed by atoms with Gasteiger partial charge in [0.25, 0.3) is 0 Å². The summed E-state index contributed by atoms with van der Waals surface area (Å²) in [7, 11) is 0. The smallest absolute Gasteiger partial charge is 0.471 e. The summed E-state index contributed by atoms with van der Waals surface area (Å²) >= 11 is 0. The summed E-state index contributed by atoms with van der Waals surface area (Å²) in [6, 6.07) is 0. The van der Waals surface area contributed by atoms with Gasteiger partial charge in [-0.15, -0.1) is 0 Å².